The predicted molar refractivity (Wildman–Crippen MR) is 116 cm³/mol. The molecule has 2 N–H and O–H groups in total. The number of carbonyl (C=O) groups excluding carboxylic acids is 2. The molecule has 2 aromatic rings. The van der Waals surface area contributed by atoms with E-state index in [1.807, 2.05) is 37.3 Å². The largest absolute Gasteiger partial charge is 0.507 e. The summed E-state index contributed by atoms with van der Waals surface area (Å²) in [5, 5.41) is 23.6. The number of likely N-dealkylation sites (tertiary alicyclic amines) is 1. The van der Waals surface area contributed by atoms with E-state index >= 15 is 0 Å². The Morgan fingerprint density at radius 3 is 2.59 bits per heavy atom. The molecule has 0 aromatic heterocycles. The fourth-order valence-electron chi connectivity index (χ4n) is 6.17. The van der Waals surface area contributed by atoms with Crippen LogP contribution in [0.1, 0.15) is 37.9 Å². The topological polar surface area (TPSA) is 96.3 Å². The van der Waals surface area contributed by atoms with Crippen LogP contribution in [0.25, 0.3) is 10.8 Å². The number of hydrogen-bond donors (Lipinski definition) is 2. The van der Waals surface area contributed by atoms with Crippen molar-refractivity contribution in [2.75, 3.05) is 20.3 Å². The summed E-state index contributed by atoms with van der Waals surface area (Å²) >= 11 is 0. The lowest BCUT2D eigenvalue weighted by atomic mass is 9.64. The maximum absolute atomic E-state index is 13.3. The molecule has 2 amide bonds. The van der Waals surface area contributed by atoms with Gasteiger partial charge in [0.1, 0.15) is 5.75 Å². The summed E-state index contributed by atoms with van der Waals surface area (Å²) in [5.74, 6) is -3.65. The zero-order valence-electron chi connectivity index (χ0n) is 18.4. The van der Waals surface area contributed by atoms with Gasteiger partial charge in [-0.15, -0.1) is 0 Å². The monoisotopic (exact) mass is 439 g/mol. The van der Waals surface area contributed by atoms with Crippen LogP contribution in [-0.2, 0) is 19.1 Å². The molecule has 7 nitrogen and oxygen atoms in total. The molecule has 2 aliphatic heterocycles. The first-order valence-corrected chi connectivity index (χ1v) is 11.4. The molecule has 0 radical (unpaired) electrons. The summed E-state index contributed by atoms with van der Waals surface area (Å²) in [4.78, 5) is 27.7. The van der Waals surface area contributed by atoms with Crippen molar-refractivity contribution in [2.24, 2.45) is 23.7 Å². The third-order valence-corrected chi connectivity index (χ3v) is 7.55. The van der Waals surface area contributed by atoms with Crippen molar-refractivity contribution in [3.8, 4) is 5.75 Å². The van der Waals surface area contributed by atoms with Gasteiger partial charge < -0.3 is 19.7 Å². The maximum Gasteiger partial charge on any atom is 0.233 e. The van der Waals surface area contributed by atoms with Gasteiger partial charge in [0.2, 0.25) is 11.8 Å². The lowest BCUT2D eigenvalue weighted by molar-refractivity contribution is -0.275. The lowest BCUT2D eigenvalue weighted by Crippen LogP contribution is -2.54. The van der Waals surface area contributed by atoms with Crippen LogP contribution in [-0.4, -0.2) is 53.0 Å². The quantitative estimate of drug-likeness (QED) is 0.696. The molecule has 5 rings (SSSR count). The second kappa shape index (κ2) is 7.83. The number of nitrogens with zero attached hydrogens (tertiary/aromatic N) is 1. The number of imide groups is 1. The number of amides is 2. The van der Waals surface area contributed by atoms with E-state index < -0.39 is 35.6 Å². The van der Waals surface area contributed by atoms with Crippen LogP contribution in [0.2, 0.25) is 0 Å². The van der Waals surface area contributed by atoms with E-state index in [4.69, 9.17) is 9.47 Å². The second-order valence-corrected chi connectivity index (χ2v) is 9.27. The Kier molecular flexibility index (Phi) is 5.23. The highest BCUT2D eigenvalue weighted by atomic mass is 16.6. The van der Waals surface area contributed by atoms with Gasteiger partial charge in [-0.3, -0.25) is 14.5 Å². The third-order valence-electron chi connectivity index (χ3n) is 7.55. The van der Waals surface area contributed by atoms with E-state index in [0.29, 0.717) is 31.2 Å². The van der Waals surface area contributed by atoms with Crippen LogP contribution in [0.5, 0.6) is 5.75 Å². The number of carbonyl (C=O) groups is 2. The summed E-state index contributed by atoms with van der Waals surface area (Å²) in [5.41, 5.74) is 0.858. The summed E-state index contributed by atoms with van der Waals surface area (Å²) in [6.45, 7) is 2.59. The Morgan fingerprint density at radius 2 is 1.88 bits per heavy atom. The fourth-order valence-corrected chi connectivity index (χ4v) is 6.17. The number of methoxy groups -OCH3 is 1. The molecule has 6 atom stereocenters. The highest BCUT2D eigenvalue weighted by Crippen LogP contribution is 2.58. The molecule has 0 spiro atoms. The zero-order chi connectivity index (χ0) is 22.6. The normalized spacial score (nSPS) is 34.2. The Morgan fingerprint density at radius 1 is 1.12 bits per heavy atom. The molecule has 1 aliphatic carbocycles. The van der Waals surface area contributed by atoms with E-state index in [-0.39, 0.29) is 24.2 Å². The number of hydrogen-bond acceptors (Lipinski definition) is 6. The molecule has 2 aromatic carbocycles. The van der Waals surface area contributed by atoms with E-state index in [1.54, 1.807) is 13.2 Å². The molecule has 2 saturated heterocycles. The Balaban J connectivity index is 1.56. The highest BCUT2D eigenvalue weighted by Gasteiger charge is 2.66. The van der Waals surface area contributed by atoms with Gasteiger partial charge in [-0.25, -0.2) is 0 Å². The van der Waals surface area contributed by atoms with E-state index in [2.05, 4.69) is 0 Å². The molecule has 3 aliphatic rings. The van der Waals surface area contributed by atoms with Crippen molar-refractivity contribution in [3.05, 3.63) is 42.0 Å². The molecule has 1 saturated carbocycles. The molecular formula is C25H29NO6. The summed E-state index contributed by atoms with van der Waals surface area (Å²) < 4.78 is 11.7. The van der Waals surface area contributed by atoms with E-state index in [1.165, 1.54) is 4.90 Å². The summed E-state index contributed by atoms with van der Waals surface area (Å²) in [7, 11) is 1.56. The standard InChI is InChI=1S/C25H29NO6/c1-3-10-26-23(28)18-11-14(13-31-2)25(30)19(22(18)24(26)29)12-21(32-25)17-8-9-20(27)16-7-5-4-6-15(16)17/h4-9,14,18-19,21-22,27,30H,3,10-13H2,1-2H3/t14-,18+,19+,21+,22+,25-/m1/s1. The van der Waals surface area contributed by atoms with Crippen LogP contribution in [0.3, 0.4) is 0 Å². The number of benzene rings is 2. The van der Waals surface area contributed by atoms with Gasteiger partial charge in [0.15, 0.2) is 5.79 Å². The predicted octanol–water partition coefficient (Wildman–Crippen LogP) is 2.99. The van der Waals surface area contributed by atoms with Crippen LogP contribution in [0.15, 0.2) is 36.4 Å². The summed E-state index contributed by atoms with van der Waals surface area (Å²) in [6, 6.07) is 11.0. The summed E-state index contributed by atoms with van der Waals surface area (Å²) in [6.07, 6.45) is 1.02. The van der Waals surface area contributed by atoms with E-state index in [0.717, 1.165) is 10.9 Å². The van der Waals surface area contributed by atoms with Crippen molar-refractivity contribution >= 4 is 22.6 Å². The van der Waals surface area contributed by atoms with E-state index in [9.17, 15) is 19.8 Å². The molecule has 32 heavy (non-hydrogen) atoms. The van der Waals surface area contributed by atoms with Gasteiger partial charge in [0.25, 0.3) is 0 Å². The van der Waals surface area contributed by atoms with Crippen molar-refractivity contribution in [1.82, 2.24) is 4.90 Å². The van der Waals surface area contributed by atoms with Crippen LogP contribution in [0.4, 0.5) is 0 Å². The number of phenols is 1. The Bertz CT molecular complexity index is 1070. The number of ether oxygens (including phenoxy) is 2. The minimum Gasteiger partial charge on any atom is -0.507 e. The average molecular weight is 440 g/mol. The zero-order valence-corrected chi connectivity index (χ0v) is 18.4. The van der Waals surface area contributed by atoms with Crippen molar-refractivity contribution in [1.29, 1.82) is 0 Å². The minimum atomic E-state index is -1.56. The molecule has 0 bridgehead atoms. The Labute approximate surface area is 186 Å². The number of phenolic OH excluding ortho intramolecular Hbond substituents is 1. The van der Waals surface area contributed by atoms with Gasteiger partial charge in [0.05, 0.1) is 24.5 Å². The van der Waals surface area contributed by atoms with Crippen molar-refractivity contribution < 1.29 is 29.3 Å². The van der Waals surface area contributed by atoms with Gasteiger partial charge >= 0.3 is 0 Å². The maximum atomic E-state index is 13.3. The molecule has 3 fully saturated rings. The van der Waals surface area contributed by atoms with Gasteiger partial charge in [0, 0.05) is 30.9 Å². The van der Waals surface area contributed by atoms with Gasteiger partial charge in [-0.2, -0.15) is 0 Å². The van der Waals surface area contributed by atoms with Crippen LogP contribution in [0, 0.1) is 23.7 Å². The number of aromatic hydroxyl groups is 1. The number of rotatable bonds is 5. The Hall–Kier alpha value is -2.48. The van der Waals surface area contributed by atoms with Crippen molar-refractivity contribution in [2.45, 2.75) is 38.1 Å². The number of fused-ring (bicyclic) bond motifs is 4. The SMILES string of the molecule is CCCN1C(=O)[C@H]2[C@H](C[C@H](COC)[C@@]3(O)O[C@H](c4ccc(O)c5ccccc45)C[C@@H]23)C1=O. The highest BCUT2D eigenvalue weighted by molar-refractivity contribution is 6.05. The smallest absolute Gasteiger partial charge is 0.233 e. The molecule has 170 valence electrons. The molecule has 7 heteroatoms. The first kappa shape index (κ1) is 21.4. The van der Waals surface area contributed by atoms with Gasteiger partial charge in [-0.05, 0) is 36.3 Å². The third kappa shape index (κ3) is 2.99. The lowest BCUT2D eigenvalue weighted by Gasteiger charge is -2.44. The second-order valence-electron chi connectivity index (χ2n) is 9.27. The van der Waals surface area contributed by atoms with Crippen LogP contribution >= 0.6 is 0 Å². The molecular weight excluding hydrogens is 410 g/mol. The average Bonchev–Trinajstić information content (AvgIpc) is 3.25. The minimum absolute atomic E-state index is 0.136. The first-order valence-electron chi connectivity index (χ1n) is 11.4. The number of aliphatic hydroxyl groups is 1. The molecule has 0 unspecified atom stereocenters. The molecule has 2 heterocycles. The van der Waals surface area contributed by atoms with Crippen LogP contribution < -0.4 is 0 Å². The van der Waals surface area contributed by atoms with Crippen molar-refractivity contribution in [3.63, 3.8) is 0 Å². The fraction of sp³-hybridized carbons (Fsp3) is 0.520. The van der Waals surface area contributed by atoms with Gasteiger partial charge in [-0.1, -0.05) is 37.3 Å². The first-order chi connectivity index (χ1) is 15.4.